The van der Waals surface area contributed by atoms with Gasteiger partial charge < -0.3 is 24.4 Å². The second-order valence-electron chi connectivity index (χ2n) is 7.15. The lowest BCUT2D eigenvalue weighted by atomic mass is 10.2. The van der Waals surface area contributed by atoms with Gasteiger partial charge in [0.05, 0.1) is 43.3 Å². The van der Waals surface area contributed by atoms with Gasteiger partial charge >= 0.3 is 0 Å². The van der Waals surface area contributed by atoms with Crippen LogP contribution in [-0.2, 0) is 22.6 Å². The first-order valence-corrected chi connectivity index (χ1v) is 9.87. The smallest absolute Gasteiger partial charge is 0.244 e. The Kier molecular flexibility index (Phi) is 6.87. The summed E-state index contributed by atoms with van der Waals surface area (Å²) in [6.07, 6.45) is 3.60. The molecule has 8 nitrogen and oxygen atoms in total. The Bertz CT molecular complexity index is 847. The number of carbonyl (C=O) groups is 1. The van der Waals surface area contributed by atoms with Gasteiger partial charge in [-0.3, -0.25) is 9.48 Å². The number of benzene rings is 1. The molecule has 0 spiro atoms. The van der Waals surface area contributed by atoms with E-state index >= 15 is 0 Å². The van der Waals surface area contributed by atoms with Crippen molar-refractivity contribution in [1.29, 1.82) is 0 Å². The Hall–Kier alpha value is -2.45. The van der Waals surface area contributed by atoms with Gasteiger partial charge in [-0.25, -0.2) is 0 Å². The monoisotopic (exact) mass is 422 g/mol. The number of hydrogen-bond acceptors (Lipinski definition) is 6. The fraction of sp³-hybridized carbons (Fsp3) is 0.500. The number of anilines is 1. The summed E-state index contributed by atoms with van der Waals surface area (Å²) in [5.41, 5.74) is 1.75. The first-order valence-electron chi connectivity index (χ1n) is 9.49. The minimum absolute atomic E-state index is 0.0355. The maximum Gasteiger partial charge on any atom is 0.244 e. The molecule has 1 saturated heterocycles. The standard InChI is InChI=1S/C20H27ClN4O4/c1-13-9-24(10-14(2)29-13)19(26)12-25-11-16(8-23-25)22-7-15-5-17(21)20(28-4)18(6-15)27-3/h5-6,8,11,13-14,22H,7,9-10,12H2,1-4H3/t13-,14-/m0/s1. The lowest BCUT2D eigenvalue weighted by Crippen LogP contribution is -2.49. The Labute approximate surface area is 175 Å². The molecule has 2 aromatic rings. The van der Waals surface area contributed by atoms with Crippen LogP contribution in [-0.4, -0.2) is 60.1 Å². The molecule has 1 fully saturated rings. The Morgan fingerprint density at radius 3 is 2.66 bits per heavy atom. The van der Waals surface area contributed by atoms with Crippen molar-refractivity contribution >= 4 is 23.2 Å². The van der Waals surface area contributed by atoms with Crippen LogP contribution in [0.2, 0.25) is 5.02 Å². The van der Waals surface area contributed by atoms with Gasteiger partial charge in [-0.1, -0.05) is 11.6 Å². The van der Waals surface area contributed by atoms with Crippen molar-refractivity contribution < 1.29 is 19.0 Å². The molecule has 0 bridgehead atoms. The van der Waals surface area contributed by atoms with Gasteiger partial charge in [-0.05, 0) is 31.5 Å². The van der Waals surface area contributed by atoms with Crippen LogP contribution in [0.1, 0.15) is 19.4 Å². The molecule has 1 N–H and O–H groups in total. The van der Waals surface area contributed by atoms with E-state index in [-0.39, 0.29) is 24.7 Å². The molecule has 0 saturated carbocycles. The van der Waals surface area contributed by atoms with Gasteiger partial charge in [0.1, 0.15) is 6.54 Å². The summed E-state index contributed by atoms with van der Waals surface area (Å²) in [4.78, 5) is 14.4. The molecule has 3 rings (SSSR count). The van der Waals surface area contributed by atoms with Gasteiger partial charge in [-0.2, -0.15) is 5.10 Å². The van der Waals surface area contributed by atoms with Crippen molar-refractivity contribution in [3.63, 3.8) is 0 Å². The fourth-order valence-electron chi connectivity index (χ4n) is 3.44. The zero-order valence-corrected chi connectivity index (χ0v) is 17.9. The highest BCUT2D eigenvalue weighted by atomic mass is 35.5. The van der Waals surface area contributed by atoms with Crippen LogP contribution in [0.15, 0.2) is 24.5 Å². The van der Waals surface area contributed by atoms with Crippen LogP contribution in [0.4, 0.5) is 5.69 Å². The van der Waals surface area contributed by atoms with E-state index in [0.717, 1.165) is 11.3 Å². The average molecular weight is 423 g/mol. The number of nitrogens with one attached hydrogen (secondary N) is 1. The third kappa shape index (κ3) is 5.33. The van der Waals surface area contributed by atoms with Crippen molar-refractivity contribution in [2.45, 2.75) is 39.1 Å². The molecule has 1 aromatic heterocycles. The van der Waals surface area contributed by atoms with Gasteiger partial charge in [0.2, 0.25) is 5.91 Å². The summed E-state index contributed by atoms with van der Waals surface area (Å²) in [6, 6.07) is 3.69. The second-order valence-corrected chi connectivity index (χ2v) is 7.56. The van der Waals surface area contributed by atoms with Crippen LogP contribution in [0.25, 0.3) is 0 Å². The molecular weight excluding hydrogens is 396 g/mol. The lowest BCUT2D eigenvalue weighted by Gasteiger charge is -2.35. The van der Waals surface area contributed by atoms with Crippen molar-refractivity contribution in [2.75, 3.05) is 32.6 Å². The number of hydrogen-bond donors (Lipinski definition) is 1. The summed E-state index contributed by atoms with van der Waals surface area (Å²) >= 11 is 6.25. The largest absolute Gasteiger partial charge is 0.493 e. The maximum atomic E-state index is 12.6. The molecule has 2 heterocycles. The molecule has 1 amide bonds. The topological polar surface area (TPSA) is 77.9 Å². The fourth-order valence-corrected chi connectivity index (χ4v) is 3.75. The third-order valence-electron chi connectivity index (χ3n) is 4.69. The van der Waals surface area contributed by atoms with E-state index in [1.807, 2.05) is 37.1 Å². The predicted molar refractivity (Wildman–Crippen MR) is 111 cm³/mol. The number of rotatable bonds is 7. The third-order valence-corrected chi connectivity index (χ3v) is 4.97. The van der Waals surface area contributed by atoms with Crippen molar-refractivity contribution in [1.82, 2.24) is 14.7 Å². The van der Waals surface area contributed by atoms with Gasteiger partial charge in [-0.15, -0.1) is 0 Å². The zero-order chi connectivity index (χ0) is 21.0. The maximum absolute atomic E-state index is 12.6. The van der Waals surface area contributed by atoms with Crippen molar-refractivity contribution in [3.8, 4) is 11.5 Å². The molecule has 9 heteroatoms. The molecule has 1 aliphatic rings. The quantitative estimate of drug-likeness (QED) is 0.739. The summed E-state index contributed by atoms with van der Waals surface area (Å²) in [5.74, 6) is 1.12. The number of ether oxygens (including phenoxy) is 3. The summed E-state index contributed by atoms with van der Waals surface area (Å²) in [5, 5.41) is 8.05. The summed E-state index contributed by atoms with van der Waals surface area (Å²) in [7, 11) is 3.12. The van der Waals surface area contributed by atoms with Crippen molar-refractivity contribution in [3.05, 3.63) is 35.1 Å². The Morgan fingerprint density at radius 2 is 2.00 bits per heavy atom. The molecule has 158 valence electrons. The SMILES string of the molecule is COc1cc(CNc2cnn(CC(=O)N3C[C@H](C)O[C@@H](C)C3)c2)cc(Cl)c1OC. The molecule has 1 aromatic carbocycles. The van der Waals surface area contributed by atoms with Crippen LogP contribution < -0.4 is 14.8 Å². The van der Waals surface area contributed by atoms with E-state index in [1.54, 1.807) is 25.1 Å². The number of nitrogens with zero attached hydrogens (tertiary/aromatic N) is 3. The first kappa shape index (κ1) is 21.3. The number of halogens is 1. The Morgan fingerprint density at radius 1 is 1.28 bits per heavy atom. The summed E-state index contributed by atoms with van der Waals surface area (Å²) < 4.78 is 17.9. The second kappa shape index (κ2) is 9.37. The number of carbonyl (C=O) groups excluding carboxylic acids is 1. The molecule has 0 unspecified atom stereocenters. The zero-order valence-electron chi connectivity index (χ0n) is 17.1. The van der Waals surface area contributed by atoms with E-state index in [9.17, 15) is 4.79 Å². The van der Waals surface area contributed by atoms with Crippen LogP contribution in [0, 0.1) is 0 Å². The van der Waals surface area contributed by atoms with E-state index < -0.39 is 0 Å². The molecule has 2 atom stereocenters. The number of aromatic nitrogens is 2. The molecule has 29 heavy (non-hydrogen) atoms. The Balaban J connectivity index is 1.58. The van der Waals surface area contributed by atoms with E-state index in [0.29, 0.717) is 36.2 Å². The molecule has 0 radical (unpaired) electrons. The predicted octanol–water partition coefficient (Wildman–Crippen LogP) is 2.80. The molecule has 1 aliphatic heterocycles. The van der Waals surface area contributed by atoms with E-state index in [4.69, 9.17) is 25.8 Å². The molecular formula is C20H27ClN4O4. The number of morpholine rings is 1. The highest BCUT2D eigenvalue weighted by Gasteiger charge is 2.26. The average Bonchev–Trinajstić information content (AvgIpc) is 3.12. The highest BCUT2D eigenvalue weighted by Crippen LogP contribution is 2.36. The van der Waals surface area contributed by atoms with Crippen LogP contribution in [0.5, 0.6) is 11.5 Å². The normalized spacial score (nSPS) is 19.1. The van der Waals surface area contributed by atoms with Gasteiger partial charge in [0.25, 0.3) is 0 Å². The van der Waals surface area contributed by atoms with Crippen LogP contribution >= 0.6 is 11.6 Å². The lowest BCUT2D eigenvalue weighted by molar-refractivity contribution is -0.144. The van der Waals surface area contributed by atoms with Gasteiger partial charge in [0.15, 0.2) is 11.5 Å². The first-order chi connectivity index (χ1) is 13.9. The highest BCUT2D eigenvalue weighted by molar-refractivity contribution is 6.32. The number of amides is 1. The van der Waals surface area contributed by atoms with E-state index in [2.05, 4.69) is 10.4 Å². The molecule has 0 aliphatic carbocycles. The van der Waals surface area contributed by atoms with Crippen LogP contribution in [0.3, 0.4) is 0 Å². The minimum atomic E-state index is 0.0355. The summed E-state index contributed by atoms with van der Waals surface area (Å²) in [6.45, 7) is 5.89. The number of methoxy groups -OCH3 is 2. The minimum Gasteiger partial charge on any atom is -0.493 e. The van der Waals surface area contributed by atoms with Gasteiger partial charge in [0, 0.05) is 25.8 Å². The van der Waals surface area contributed by atoms with E-state index in [1.165, 1.54) is 0 Å². The van der Waals surface area contributed by atoms with Crippen molar-refractivity contribution in [2.24, 2.45) is 0 Å².